The summed E-state index contributed by atoms with van der Waals surface area (Å²) in [4.78, 5) is 0. The molecule has 6 heavy (non-hydrogen) atoms. The first-order valence-electron chi connectivity index (χ1n) is 1.86. The molecule has 1 aliphatic carbocycles. The van der Waals surface area contributed by atoms with E-state index in [2.05, 4.69) is 5.92 Å². The molecule has 0 atom stereocenters. The summed E-state index contributed by atoms with van der Waals surface area (Å²) in [5, 5.41) is 0. The van der Waals surface area contributed by atoms with Crippen molar-refractivity contribution in [3.8, 4) is 5.92 Å². The van der Waals surface area contributed by atoms with Crippen molar-refractivity contribution in [1.82, 2.24) is 0 Å². The van der Waals surface area contributed by atoms with Crippen LogP contribution in [0.5, 0.6) is 0 Å². The van der Waals surface area contributed by atoms with Gasteiger partial charge < -0.3 is 12.3 Å². The molecule has 0 radical (unpaired) electrons. The van der Waals surface area contributed by atoms with Gasteiger partial charge in [0.25, 0.3) is 0 Å². The maximum absolute atomic E-state index is 6.47. The summed E-state index contributed by atoms with van der Waals surface area (Å²) in [7, 11) is 0. The standard InChI is InChI=1S/C5H5.Li/c1-2-5-3-4-5;/h5H,3-4H2;/q-1;+1. The molecule has 0 bridgehead atoms. The first kappa shape index (κ1) is 6.16. The molecule has 0 spiro atoms. The van der Waals surface area contributed by atoms with Crippen LogP contribution in [-0.2, 0) is 0 Å². The molecule has 0 amide bonds. The summed E-state index contributed by atoms with van der Waals surface area (Å²) in [6, 6.07) is 0. The van der Waals surface area contributed by atoms with Crippen LogP contribution < -0.4 is 18.9 Å². The summed E-state index contributed by atoms with van der Waals surface area (Å²) in [5.74, 6) is 2.94. The summed E-state index contributed by atoms with van der Waals surface area (Å²) >= 11 is 0. The Hall–Kier alpha value is 0.157. The maximum atomic E-state index is 6.47. The second kappa shape index (κ2) is 2.35. The summed E-state index contributed by atoms with van der Waals surface area (Å²) < 4.78 is 0. The minimum atomic E-state index is 0. The zero-order valence-electron chi connectivity index (χ0n) is 3.99. The number of rotatable bonds is 0. The van der Waals surface area contributed by atoms with Crippen molar-refractivity contribution >= 4 is 0 Å². The Kier molecular flexibility index (Phi) is 2.41. The summed E-state index contributed by atoms with van der Waals surface area (Å²) in [6.45, 7) is 0. The average Bonchev–Trinajstić information content (AvgIpc) is 2.12. The van der Waals surface area contributed by atoms with Gasteiger partial charge in [-0.3, -0.25) is 0 Å². The van der Waals surface area contributed by atoms with E-state index in [1.807, 2.05) is 0 Å². The molecule has 0 aliphatic heterocycles. The van der Waals surface area contributed by atoms with Crippen molar-refractivity contribution in [2.75, 3.05) is 0 Å². The molecular formula is C5H5Li. The Labute approximate surface area is 50.5 Å². The molecule has 0 unspecified atom stereocenters. The van der Waals surface area contributed by atoms with E-state index in [4.69, 9.17) is 6.42 Å². The summed E-state index contributed by atoms with van der Waals surface area (Å²) in [6.07, 6.45) is 8.89. The molecule has 1 saturated carbocycles. The monoisotopic (exact) mass is 72.1 g/mol. The first-order chi connectivity index (χ1) is 2.43. The van der Waals surface area contributed by atoms with Gasteiger partial charge in [-0.05, 0) is 18.8 Å². The third-order valence-electron chi connectivity index (χ3n) is 0.781. The van der Waals surface area contributed by atoms with E-state index in [0.717, 1.165) is 0 Å². The number of hydrogen-bond donors (Lipinski definition) is 0. The second-order valence-electron chi connectivity index (χ2n) is 1.42. The molecule has 1 fully saturated rings. The largest absolute Gasteiger partial charge is 1.00 e. The minimum Gasteiger partial charge on any atom is -0.693 e. The Morgan fingerprint density at radius 1 is 1.50 bits per heavy atom. The van der Waals surface area contributed by atoms with E-state index in [1.165, 1.54) is 12.8 Å². The molecule has 1 heteroatoms. The molecule has 0 heterocycles. The van der Waals surface area contributed by atoms with E-state index < -0.39 is 0 Å². The molecule has 0 nitrogen and oxygen atoms in total. The quantitative estimate of drug-likeness (QED) is 0.176. The van der Waals surface area contributed by atoms with Crippen LogP contribution in [0.15, 0.2) is 0 Å². The molecule has 1 aliphatic rings. The van der Waals surface area contributed by atoms with Crippen molar-refractivity contribution in [2.45, 2.75) is 12.8 Å². The fourth-order valence-electron chi connectivity index (χ4n) is 0.228. The van der Waals surface area contributed by atoms with Gasteiger partial charge in [-0.25, -0.2) is 0 Å². The third-order valence-corrected chi connectivity index (χ3v) is 0.781. The molecular weight excluding hydrogens is 67.0 g/mol. The van der Waals surface area contributed by atoms with Crippen molar-refractivity contribution < 1.29 is 18.9 Å². The van der Waals surface area contributed by atoms with Crippen LogP contribution in [0.3, 0.4) is 0 Å². The Bertz CT molecular complexity index is 66.5. The van der Waals surface area contributed by atoms with Gasteiger partial charge in [0.2, 0.25) is 0 Å². The van der Waals surface area contributed by atoms with Crippen LogP contribution >= 0.6 is 0 Å². The SMILES string of the molecule is [C-]#CC1CC1.[Li+]. The van der Waals surface area contributed by atoms with Crippen LogP contribution in [0, 0.1) is 18.3 Å². The van der Waals surface area contributed by atoms with Crippen molar-refractivity contribution in [3.05, 3.63) is 6.42 Å². The van der Waals surface area contributed by atoms with E-state index in [1.54, 1.807) is 0 Å². The van der Waals surface area contributed by atoms with E-state index >= 15 is 0 Å². The van der Waals surface area contributed by atoms with Crippen LogP contribution in [0.1, 0.15) is 12.8 Å². The molecule has 0 N–H and O–H groups in total. The predicted molar refractivity (Wildman–Crippen MR) is 19.9 cm³/mol. The van der Waals surface area contributed by atoms with Crippen molar-refractivity contribution in [1.29, 1.82) is 0 Å². The van der Waals surface area contributed by atoms with Crippen LogP contribution in [0.25, 0.3) is 0 Å². The fourth-order valence-corrected chi connectivity index (χ4v) is 0.228. The van der Waals surface area contributed by atoms with E-state index in [0.29, 0.717) is 5.92 Å². The smallest absolute Gasteiger partial charge is 0.693 e. The van der Waals surface area contributed by atoms with Gasteiger partial charge >= 0.3 is 18.9 Å². The van der Waals surface area contributed by atoms with Gasteiger partial charge in [-0.15, -0.1) is 0 Å². The van der Waals surface area contributed by atoms with Crippen LogP contribution in [0.2, 0.25) is 0 Å². The molecule has 0 aromatic rings. The number of hydrogen-bond acceptors (Lipinski definition) is 0. The van der Waals surface area contributed by atoms with Gasteiger partial charge in [0, 0.05) is 0 Å². The second-order valence-corrected chi connectivity index (χ2v) is 1.42. The molecule has 0 aromatic carbocycles. The minimum absolute atomic E-state index is 0. The molecule has 0 saturated heterocycles. The molecule has 0 aromatic heterocycles. The van der Waals surface area contributed by atoms with Crippen LogP contribution in [-0.4, -0.2) is 0 Å². The Morgan fingerprint density at radius 2 is 2.00 bits per heavy atom. The maximum Gasteiger partial charge on any atom is 1.00 e. The predicted octanol–water partition coefficient (Wildman–Crippen LogP) is -2.01. The molecule has 26 valence electrons. The first-order valence-corrected chi connectivity index (χ1v) is 1.86. The topological polar surface area (TPSA) is 0 Å². The molecule has 1 rings (SSSR count). The van der Waals surface area contributed by atoms with Gasteiger partial charge in [-0.2, -0.15) is 0 Å². The van der Waals surface area contributed by atoms with E-state index in [-0.39, 0.29) is 18.9 Å². The average molecular weight is 72.0 g/mol. The third kappa shape index (κ3) is 1.56. The van der Waals surface area contributed by atoms with Gasteiger partial charge in [0.15, 0.2) is 0 Å². The van der Waals surface area contributed by atoms with E-state index in [9.17, 15) is 0 Å². The zero-order valence-corrected chi connectivity index (χ0v) is 3.99. The van der Waals surface area contributed by atoms with Gasteiger partial charge in [0.1, 0.15) is 0 Å². The van der Waals surface area contributed by atoms with Crippen molar-refractivity contribution in [3.63, 3.8) is 0 Å². The summed E-state index contributed by atoms with van der Waals surface area (Å²) in [5.41, 5.74) is 0. The normalized spacial score (nSPS) is 17.8. The zero-order chi connectivity index (χ0) is 3.70. The van der Waals surface area contributed by atoms with Gasteiger partial charge in [0.05, 0.1) is 0 Å². The Morgan fingerprint density at radius 3 is 2.00 bits per heavy atom. The van der Waals surface area contributed by atoms with Gasteiger partial charge in [-0.1, -0.05) is 0 Å². The fraction of sp³-hybridized carbons (Fsp3) is 0.600. The Balaban J connectivity index is 0.000000250. The van der Waals surface area contributed by atoms with Crippen LogP contribution in [0.4, 0.5) is 0 Å². The van der Waals surface area contributed by atoms with Crippen molar-refractivity contribution in [2.24, 2.45) is 5.92 Å².